The maximum absolute atomic E-state index is 10.2. The zero-order valence-corrected chi connectivity index (χ0v) is 6.14. The van der Waals surface area contributed by atoms with Crippen LogP contribution in [0.2, 0.25) is 0 Å². The van der Waals surface area contributed by atoms with Gasteiger partial charge < -0.3 is 10.2 Å². The number of amides is 1. The molecule has 0 saturated heterocycles. The molecular weight excluding hydrogens is 154 g/mol. The second-order valence-corrected chi connectivity index (χ2v) is 1.81. The number of rotatable bonds is 3. The van der Waals surface area contributed by atoms with Crippen molar-refractivity contribution in [3.63, 3.8) is 0 Å². The Morgan fingerprint density at radius 1 is 1.45 bits per heavy atom. The molecule has 0 aliphatic carbocycles. The first-order chi connectivity index (χ1) is 5.00. The SMILES string of the molecule is CON(C(=O)O)[C@@H](C)C(=O)O. The van der Waals surface area contributed by atoms with Crippen molar-refractivity contribution in [1.29, 1.82) is 0 Å². The maximum atomic E-state index is 10.2. The highest BCUT2D eigenvalue weighted by Crippen LogP contribution is 1.98. The van der Waals surface area contributed by atoms with E-state index < -0.39 is 18.1 Å². The van der Waals surface area contributed by atoms with Crippen LogP contribution in [0.15, 0.2) is 0 Å². The molecule has 0 spiro atoms. The van der Waals surface area contributed by atoms with E-state index in [-0.39, 0.29) is 0 Å². The van der Waals surface area contributed by atoms with Gasteiger partial charge in [0.15, 0.2) is 6.04 Å². The molecule has 0 aliphatic heterocycles. The Kier molecular flexibility index (Phi) is 3.32. The summed E-state index contributed by atoms with van der Waals surface area (Å²) < 4.78 is 0. The Morgan fingerprint density at radius 2 is 1.91 bits per heavy atom. The first-order valence-corrected chi connectivity index (χ1v) is 2.79. The van der Waals surface area contributed by atoms with Gasteiger partial charge in [-0.25, -0.2) is 9.59 Å². The van der Waals surface area contributed by atoms with Crippen molar-refractivity contribution in [2.75, 3.05) is 7.11 Å². The lowest BCUT2D eigenvalue weighted by atomic mass is 10.3. The standard InChI is InChI=1S/C5H9NO5/c1-3(4(7)8)6(11-2)5(9)10/h3H,1-2H3,(H,7,8)(H,9,10)/t3-/m0/s1. The summed E-state index contributed by atoms with van der Waals surface area (Å²) >= 11 is 0. The van der Waals surface area contributed by atoms with E-state index in [1.54, 1.807) is 0 Å². The van der Waals surface area contributed by atoms with Gasteiger partial charge in [-0.2, -0.15) is 5.06 Å². The zero-order valence-electron chi connectivity index (χ0n) is 6.14. The predicted octanol–water partition coefficient (Wildman–Crippen LogP) is 0.000900. The maximum Gasteiger partial charge on any atom is 0.432 e. The van der Waals surface area contributed by atoms with Crippen LogP contribution in [0.4, 0.5) is 4.79 Å². The largest absolute Gasteiger partial charge is 0.480 e. The minimum absolute atomic E-state index is 0.350. The molecule has 2 N–H and O–H groups in total. The molecule has 64 valence electrons. The molecule has 0 fully saturated rings. The fourth-order valence-corrected chi connectivity index (χ4v) is 0.502. The Morgan fingerprint density at radius 3 is 2.00 bits per heavy atom. The van der Waals surface area contributed by atoms with Crippen molar-refractivity contribution in [2.24, 2.45) is 0 Å². The number of aliphatic carboxylic acids is 1. The Hall–Kier alpha value is -1.30. The van der Waals surface area contributed by atoms with Gasteiger partial charge >= 0.3 is 12.1 Å². The molecule has 0 saturated carbocycles. The van der Waals surface area contributed by atoms with Crippen LogP contribution in [0.3, 0.4) is 0 Å². The molecule has 0 aromatic rings. The van der Waals surface area contributed by atoms with E-state index in [9.17, 15) is 9.59 Å². The van der Waals surface area contributed by atoms with Crippen LogP contribution >= 0.6 is 0 Å². The van der Waals surface area contributed by atoms with Gasteiger partial charge in [0.1, 0.15) is 0 Å². The number of hydrogen-bond acceptors (Lipinski definition) is 3. The highest BCUT2D eigenvalue weighted by molar-refractivity contribution is 5.77. The van der Waals surface area contributed by atoms with Gasteiger partial charge in [0, 0.05) is 0 Å². The lowest BCUT2D eigenvalue weighted by Gasteiger charge is -2.19. The van der Waals surface area contributed by atoms with Gasteiger partial charge in [-0.05, 0) is 6.92 Å². The van der Waals surface area contributed by atoms with Gasteiger partial charge in [0.05, 0.1) is 7.11 Å². The second-order valence-electron chi connectivity index (χ2n) is 1.81. The summed E-state index contributed by atoms with van der Waals surface area (Å²) in [6.07, 6.45) is -1.43. The van der Waals surface area contributed by atoms with Gasteiger partial charge in [0.2, 0.25) is 0 Å². The fraction of sp³-hybridized carbons (Fsp3) is 0.600. The molecule has 1 atom stereocenters. The van der Waals surface area contributed by atoms with E-state index in [0.29, 0.717) is 5.06 Å². The number of hydroxylamine groups is 2. The summed E-state index contributed by atoms with van der Waals surface area (Å²) in [6.45, 7) is 1.21. The molecule has 0 rings (SSSR count). The van der Waals surface area contributed by atoms with Crippen LogP contribution < -0.4 is 0 Å². The monoisotopic (exact) mass is 163 g/mol. The van der Waals surface area contributed by atoms with Crippen molar-refractivity contribution in [1.82, 2.24) is 5.06 Å². The number of carboxylic acid groups (broad SMARTS) is 2. The summed E-state index contributed by atoms with van der Waals surface area (Å²) in [5.41, 5.74) is 0. The molecule has 0 aromatic heterocycles. The molecular formula is C5H9NO5. The van der Waals surface area contributed by atoms with Crippen LogP contribution in [0, 0.1) is 0 Å². The Bertz CT molecular complexity index is 168. The fourth-order valence-electron chi connectivity index (χ4n) is 0.502. The van der Waals surface area contributed by atoms with E-state index in [0.717, 1.165) is 7.11 Å². The number of hydrogen-bond donors (Lipinski definition) is 2. The third-order valence-corrected chi connectivity index (χ3v) is 1.09. The van der Waals surface area contributed by atoms with Crippen LogP contribution in [0.1, 0.15) is 6.92 Å². The number of carboxylic acids is 1. The smallest absolute Gasteiger partial charge is 0.432 e. The van der Waals surface area contributed by atoms with E-state index in [1.807, 2.05) is 0 Å². The molecule has 6 heteroatoms. The summed E-state index contributed by atoms with van der Waals surface area (Å²) in [7, 11) is 1.09. The number of nitrogens with zero attached hydrogens (tertiary/aromatic N) is 1. The molecule has 0 radical (unpaired) electrons. The normalized spacial score (nSPS) is 12.2. The molecule has 0 unspecified atom stereocenters. The summed E-state index contributed by atoms with van der Waals surface area (Å²) in [5, 5.41) is 17.0. The molecule has 0 aliphatic rings. The zero-order chi connectivity index (χ0) is 9.02. The topological polar surface area (TPSA) is 87.1 Å². The molecule has 0 bridgehead atoms. The highest BCUT2D eigenvalue weighted by Gasteiger charge is 2.24. The lowest BCUT2D eigenvalue weighted by Crippen LogP contribution is -2.41. The van der Waals surface area contributed by atoms with Crippen molar-refractivity contribution < 1.29 is 24.6 Å². The summed E-state index contributed by atoms with van der Waals surface area (Å²) in [5.74, 6) is -1.26. The van der Waals surface area contributed by atoms with Crippen molar-refractivity contribution in [3.8, 4) is 0 Å². The third-order valence-electron chi connectivity index (χ3n) is 1.09. The van der Waals surface area contributed by atoms with E-state index in [4.69, 9.17) is 10.2 Å². The van der Waals surface area contributed by atoms with Crippen LogP contribution in [0.5, 0.6) is 0 Å². The van der Waals surface area contributed by atoms with Crippen LogP contribution in [-0.4, -0.2) is 40.5 Å². The average molecular weight is 163 g/mol. The van der Waals surface area contributed by atoms with E-state index in [2.05, 4.69) is 4.84 Å². The van der Waals surface area contributed by atoms with Crippen LogP contribution in [0.25, 0.3) is 0 Å². The van der Waals surface area contributed by atoms with Gasteiger partial charge in [-0.1, -0.05) is 0 Å². The minimum atomic E-state index is -1.43. The summed E-state index contributed by atoms with van der Waals surface area (Å²) in [4.78, 5) is 24.7. The predicted molar refractivity (Wildman–Crippen MR) is 34.0 cm³/mol. The Labute approximate surface area is 62.9 Å². The lowest BCUT2D eigenvalue weighted by molar-refractivity contribution is -0.166. The Balaban J connectivity index is 4.25. The molecule has 0 heterocycles. The average Bonchev–Trinajstić information content (AvgIpc) is 1.88. The van der Waals surface area contributed by atoms with Crippen molar-refractivity contribution in [2.45, 2.75) is 13.0 Å². The van der Waals surface area contributed by atoms with Gasteiger partial charge in [-0.15, -0.1) is 0 Å². The first kappa shape index (κ1) is 9.70. The van der Waals surface area contributed by atoms with Gasteiger partial charge in [-0.3, -0.25) is 4.84 Å². The molecule has 1 amide bonds. The van der Waals surface area contributed by atoms with Gasteiger partial charge in [0.25, 0.3) is 0 Å². The van der Waals surface area contributed by atoms with Crippen molar-refractivity contribution >= 4 is 12.1 Å². The quantitative estimate of drug-likeness (QED) is 0.572. The highest BCUT2D eigenvalue weighted by atomic mass is 16.7. The van der Waals surface area contributed by atoms with E-state index in [1.165, 1.54) is 6.92 Å². The van der Waals surface area contributed by atoms with E-state index >= 15 is 0 Å². The van der Waals surface area contributed by atoms with Crippen molar-refractivity contribution in [3.05, 3.63) is 0 Å². The third kappa shape index (κ3) is 2.42. The molecule has 6 nitrogen and oxygen atoms in total. The molecule has 11 heavy (non-hydrogen) atoms. The summed E-state index contributed by atoms with van der Waals surface area (Å²) in [6, 6.07) is -1.20. The first-order valence-electron chi connectivity index (χ1n) is 2.79. The minimum Gasteiger partial charge on any atom is -0.480 e. The second kappa shape index (κ2) is 3.77. The van der Waals surface area contributed by atoms with Crippen LogP contribution in [-0.2, 0) is 9.63 Å². The molecule has 0 aromatic carbocycles. The number of carbonyl (C=O) groups is 2.